The van der Waals surface area contributed by atoms with Crippen molar-refractivity contribution in [1.82, 2.24) is 4.73 Å². The zero-order valence-corrected chi connectivity index (χ0v) is 17.6. The fourth-order valence-corrected chi connectivity index (χ4v) is 3.78. The zero-order chi connectivity index (χ0) is 23.2. The third-order valence-electron chi connectivity index (χ3n) is 4.82. The first-order valence-electron chi connectivity index (χ1n) is 9.41. The van der Waals surface area contributed by atoms with Crippen molar-refractivity contribution in [2.24, 2.45) is 0 Å². The number of hydrogen-bond acceptors (Lipinski definition) is 5. The summed E-state index contributed by atoms with van der Waals surface area (Å²) < 4.78 is 45.5. The summed E-state index contributed by atoms with van der Waals surface area (Å²) in [6.07, 6.45) is -5.28. The highest BCUT2D eigenvalue weighted by Gasteiger charge is 2.51. The van der Waals surface area contributed by atoms with Gasteiger partial charge in [-0.1, -0.05) is 17.7 Å². The first kappa shape index (κ1) is 22.3. The zero-order valence-electron chi connectivity index (χ0n) is 17.6. The molecule has 1 aliphatic heterocycles. The number of halogens is 3. The first-order chi connectivity index (χ1) is 14.4. The normalized spacial score (nSPS) is 13.4. The van der Waals surface area contributed by atoms with E-state index in [4.69, 9.17) is 4.74 Å². The first-order valence-corrected chi connectivity index (χ1v) is 9.41. The number of fused-ring (bicyclic) bond motifs is 1. The summed E-state index contributed by atoms with van der Waals surface area (Å²) in [5, 5.41) is 0. The van der Waals surface area contributed by atoms with Gasteiger partial charge in [0.15, 0.2) is 12.2 Å². The van der Waals surface area contributed by atoms with Crippen LogP contribution in [0.25, 0.3) is 0 Å². The van der Waals surface area contributed by atoms with E-state index in [0.717, 1.165) is 10.5 Å². The van der Waals surface area contributed by atoms with Crippen molar-refractivity contribution < 1.29 is 41.7 Å². The number of carbonyl (C=O) groups is 3. The van der Waals surface area contributed by atoms with Crippen LogP contribution in [0.4, 0.5) is 24.8 Å². The molecule has 2 aromatic rings. The van der Waals surface area contributed by atoms with Crippen LogP contribution in [0, 0.1) is 27.7 Å². The van der Waals surface area contributed by atoms with Crippen molar-refractivity contribution in [1.29, 1.82) is 0 Å². The molecular formula is C20H21F3N3O5+. The Hall–Kier alpha value is -3.37. The lowest BCUT2D eigenvalue weighted by Crippen LogP contribution is -2.38. The van der Waals surface area contributed by atoms with Crippen molar-refractivity contribution in [3.63, 3.8) is 0 Å². The van der Waals surface area contributed by atoms with Crippen LogP contribution in [0.5, 0.6) is 0 Å². The molecule has 0 spiro atoms. The van der Waals surface area contributed by atoms with Crippen LogP contribution in [-0.4, -0.2) is 35.4 Å². The van der Waals surface area contributed by atoms with Gasteiger partial charge in [-0.05, 0) is 50.5 Å². The third-order valence-corrected chi connectivity index (χ3v) is 4.82. The topological polar surface area (TPSA) is 81.7 Å². The van der Waals surface area contributed by atoms with E-state index >= 15 is 0 Å². The van der Waals surface area contributed by atoms with Crippen molar-refractivity contribution in [2.75, 3.05) is 11.5 Å². The summed E-state index contributed by atoms with van der Waals surface area (Å²) in [7, 11) is 0. The molecule has 3 rings (SSSR count). The lowest BCUT2D eigenvalue weighted by atomic mass is 10.0. The number of rotatable bonds is 4. The van der Waals surface area contributed by atoms with Gasteiger partial charge in [0.2, 0.25) is 5.69 Å². The van der Waals surface area contributed by atoms with Crippen LogP contribution in [0.2, 0.25) is 0 Å². The van der Waals surface area contributed by atoms with Gasteiger partial charge in [-0.25, -0.2) is 14.2 Å². The average molecular weight is 440 g/mol. The Morgan fingerprint density at radius 1 is 1.13 bits per heavy atom. The van der Waals surface area contributed by atoms with Gasteiger partial charge in [-0.15, -0.1) is 0 Å². The molecule has 0 saturated heterocycles. The number of imidazole rings is 1. The molecule has 0 unspecified atom stereocenters. The van der Waals surface area contributed by atoms with E-state index in [-0.39, 0.29) is 30.5 Å². The number of aromatic nitrogens is 2. The van der Waals surface area contributed by atoms with Crippen molar-refractivity contribution >= 4 is 29.5 Å². The van der Waals surface area contributed by atoms with Crippen molar-refractivity contribution in [3.05, 3.63) is 40.2 Å². The Morgan fingerprint density at radius 3 is 2.23 bits per heavy atom. The number of benzene rings is 1. The number of nitrogens with zero attached hydrogens (tertiary/aromatic N) is 3. The summed E-state index contributed by atoms with van der Waals surface area (Å²) in [5.74, 6) is -4.04. The van der Waals surface area contributed by atoms with E-state index in [1.165, 1.54) is 11.5 Å². The molecule has 2 heterocycles. The second-order valence-electron chi connectivity index (χ2n) is 7.19. The summed E-state index contributed by atoms with van der Waals surface area (Å²) in [4.78, 5) is 42.8. The lowest BCUT2D eigenvalue weighted by molar-refractivity contribution is -0.666. The number of amides is 1. The van der Waals surface area contributed by atoms with Crippen LogP contribution >= 0.6 is 0 Å². The molecule has 0 fully saturated rings. The molecule has 1 aromatic carbocycles. The minimum atomic E-state index is -5.28. The molecule has 31 heavy (non-hydrogen) atoms. The van der Waals surface area contributed by atoms with Gasteiger partial charge < -0.3 is 4.74 Å². The number of esters is 1. The maximum atomic E-state index is 12.9. The highest BCUT2D eigenvalue weighted by molar-refractivity contribution is 6.02. The number of aryl methyl sites for hydroxylation is 3. The quantitative estimate of drug-likeness (QED) is 0.539. The van der Waals surface area contributed by atoms with E-state index in [9.17, 15) is 27.6 Å². The highest BCUT2D eigenvalue weighted by Crippen LogP contribution is 2.35. The number of hydrogen-bond donors (Lipinski definition) is 0. The Balaban J connectivity index is 2.28. The van der Waals surface area contributed by atoms with Crippen molar-refractivity contribution in [2.45, 2.75) is 47.3 Å². The highest BCUT2D eigenvalue weighted by atomic mass is 19.4. The molecule has 0 radical (unpaired) electrons. The number of ether oxygens (including phenoxy) is 1. The molecule has 1 aromatic heterocycles. The molecule has 1 amide bonds. The fraction of sp³-hybridized carbons (Fsp3) is 0.400. The third kappa shape index (κ3) is 3.75. The predicted octanol–water partition coefficient (Wildman–Crippen LogP) is 2.38. The van der Waals surface area contributed by atoms with E-state index in [1.54, 1.807) is 20.8 Å². The maximum absolute atomic E-state index is 12.9. The fourth-order valence-electron chi connectivity index (χ4n) is 3.78. The van der Waals surface area contributed by atoms with Gasteiger partial charge in [0.25, 0.3) is 0 Å². The molecule has 0 atom stereocenters. The number of carbonyl (C=O) groups excluding carboxylic acids is 3. The summed E-state index contributed by atoms with van der Waals surface area (Å²) in [5.41, 5.74) is 2.45. The largest absolute Gasteiger partial charge is 0.495 e. The monoisotopic (exact) mass is 440 g/mol. The van der Waals surface area contributed by atoms with E-state index in [0.29, 0.717) is 21.5 Å². The van der Waals surface area contributed by atoms with Gasteiger partial charge in [-0.3, -0.25) is 9.63 Å². The van der Waals surface area contributed by atoms with E-state index in [2.05, 4.69) is 4.84 Å². The van der Waals surface area contributed by atoms with Crippen LogP contribution in [-0.2, 0) is 20.9 Å². The summed E-state index contributed by atoms with van der Waals surface area (Å²) in [6.45, 7) is 7.90. The molecule has 1 aliphatic rings. The molecule has 0 saturated carbocycles. The summed E-state index contributed by atoms with van der Waals surface area (Å²) in [6, 6.07) is 3.62. The SMILES string of the molecule is CCOC(=O)c1c(C)n(OC(=O)C(F)(F)F)c2[n+]1CC(=O)N2c1c(C)cc(C)cc1C. The Morgan fingerprint density at radius 2 is 1.71 bits per heavy atom. The number of anilines is 2. The Labute approximate surface area is 175 Å². The minimum absolute atomic E-state index is 0.00889. The smallest absolute Gasteiger partial charge is 0.460 e. The van der Waals surface area contributed by atoms with Crippen LogP contribution in [0.1, 0.15) is 39.8 Å². The molecule has 166 valence electrons. The second-order valence-corrected chi connectivity index (χ2v) is 7.19. The lowest BCUT2D eigenvalue weighted by Gasteiger charge is -2.16. The maximum Gasteiger partial charge on any atom is 0.495 e. The second kappa shape index (κ2) is 7.71. The summed E-state index contributed by atoms with van der Waals surface area (Å²) >= 11 is 0. The van der Waals surface area contributed by atoms with Gasteiger partial charge in [-0.2, -0.15) is 18.1 Å². The van der Waals surface area contributed by atoms with E-state index in [1.807, 2.05) is 19.1 Å². The predicted molar refractivity (Wildman–Crippen MR) is 101 cm³/mol. The minimum Gasteiger partial charge on any atom is -0.460 e. The molecule has 11 heteroatoms. The number of alkyl halides is 3. The Bertz CT molecular complexity index is 1080. The van der Waals surface area contributed by atoms with Crippen LogP contribution < -0.4 is 14.3 Å². The van der Waals surface area contributed by atoms with Crippen molar-refractivity contribution in [3.8, 4) is 0 Å². The van der Waals surface area contributed by atoms with Gasteiger partial charge >= 0.3 is 30.0 Å². The Kier molecular flexibility index (Phi) is 5.55. The van der Waals surface area contributed by atoms with Crippen LogP contribution in [0.3, 0.4) is 0 Å². The van der Waals surface area contributed by atoms with Gasteiger partial charge in [0.05, 0.1) is 6.61 Å². The molecule has 0 N–H and O–H groups in total. The standard InChI is InChI=1S/C20H21F3N3O5/c1-6-30-17(28)16-13(5)26(31-18(29)20(21,22)23)19-24(16)9-14(27)25(19)15-11(3)7-10(2)8-12(15)4/h7-8H,6,9H2,1-5H3/q+1. The average Bonchev–Trinajstić information content (AvgIpc) is 3.07. The molecule has 0 aliphatic carbocycles. The van der Waals surface area contributed by atoms with Gasteiger partial charge in [0.1, 0.15) is 5.69 Å². The van der Waals surface area contributed by atoms with Gasteiger partial charge in [0, 0.05) is 0 Å². The van der Waals surface area contributed by atoms with E-state index < -0.39 is 24.0 Å². The molecule has 8 nitrogen and oxygen atoms in total. The molecule has 0 bridgehead atoms. The molecular weight excluding hydrogens is 419 g/mol. The van der Waals surface area contributed by atoms with Crippen LogP contribution in [0.15, 0.2) is 12.1 Å².